The Hall–Kier alpha value is -2.77. The van der Waals surface area contributed by atoms with Crippen molar-refractivity contribution in [3.63, 3.8) is 0 Å². The van der Waals surface area contributed by atoms with Gasteiger partial charge in [-0.15, -0.1) is 15.3 Å². The van der Waals surface area contributed by atoms with E-state index >= 15 is 0 Å². The second-order valence-electron chi connectivity index (χ2n) is 4.49. The number of carbonyl (C=O) groups is 1. The number of aromatic nitrogens is 6. The summed E-state index contributed by atoms with van der Waals surface area (Å²) >= 11 is 0. The van der Waals surface area contributed by atoms with Gasteiger partial charge in [0.1, 0.15) is 23.4 Å². The van der Waals surface area contributed by atoms with Crippen molar-refractivity contribution >= 4 is 17.0 Å². The first-order valence-electron chi connectivity index (χ1n) is 6.00. The normalized spacial score (nSPS) is 12.7. The maximum absolute atomic E-state index is 11.3. The molecule has 8 nitrogen and oxygen atoms in total. The van der Waals surface area contributed by atoms with Crippen LogP contribution in [0.4, 0.5) is 0 Å². The highest BCUT2D eigenvalue weighted by atomic mass is 16.4. The van der Waals surface area contributed by atoms with E-state index in [1.54, 1.807) is 27.7 Å². The average molecular weight is 272 g/mol. The molecule has 0 aliphatic heterocycles. The van der Waals surface area contributed by atoms with Gasteiger partial charge in [-0.2, -0.15) is 0 Å². The molecule has 1 atom stereocenters. The van der Waals surface area contributed by atoms with Crippen molar-refractivity contribution in [1.82, 2.24) is 29.8 Å². The maximum Gasteiger partial charge on any atom is 0.337 e. The molecule has 2 heterocycles. The fourth-order valence-corrected chi connectivity index (χ4v) is 2.22. The Morgan fingerprint density at radius 1 is 1.35 bits per heavy atom. The molecule has 0 amide bonds. The first kappa shape index (κ1) is 12.3. The first-order valence-corrected chi connectivity index (χ1v) is 6.00. The number of benzene rings is 1. The highest BCUT2D eigenvalue weighted by Crippen LogP contribution is 2.23. The van der Waals surface area contributed by atoms with Crippen LogP contribution in [0.25, 0.3) is 11.0 Å². The Bertz CT molecular complexity index is 790. The molecule has 0 fully saturated rings. The SMILES string of the molecule is CC(c1nncn1C)n1nnc2cccc(C(=O)O)c21. The van der Waals surface area contributed by atoms with Gasteiger partial charge in [-0.25, -0.2) is 9.48 Å². The van der Waals surface area contributed by atoms with Gasteiger partial charge in [-0.1, -0.05) is 11.3 Å². The third-order valence-corrected chi connectivity index (χ3v) is 3.21. The molecule has 20 heavy (non-hydrogen) atoms. The number of fused-ring (bicyclic) bond motifs is 1. The van der Waals surface area contributed by atoms with Gasteiger partial charge < -0.3 is 9.67 Å². The van der Waals surface area contributed by atoms with E-state index < -0.39 is 5.97 Å². The van der Waals surface area contributed by atoms with Gasteiger partial charge in [0.15, 0.2) is 5.82 Å². The zero-order valence-electron chi connectivity index (χ0n) is 10.9. The molecule has 1 N–H and O–H groups in total. The minimum Gasteiger partial charge on any atom is -0.478 e. The van der Waals surface area contributed by atoms with Crippen molar-refractivity contribution in [1.29, 1.82) is 0 Å². The van der Waals surface area contributed by atoms with Crippen molar-refractivity contribution in [2.45, 2.75) is 13.0 Å². The van der Waals surface area contributed by atoms with E-state index in [9.17, 15) is 9.90 Å². The van der Waals surface area contributed by atoms with Crippen LogP contribution in [0.3, 0.4) is 0 Å². The van der Waals surface area contributed by atoms with Crippen LogP contribution in [0, 0.1) is 0 Å². The van der Waals surface area contributed by atoms with Gasteiger partial charge in [0.25, 0.3) is 0 Å². The number of rotatable bonds is 3. The fourth-order valence-electron chi connectivity index (χ4n) is 2.22. The monoisotopic (exact) mass is 272 g/mol. The van der Waals surface area contributed by atoms with Crippen LogP contribution in [0.5, 0.6) is 0 Å². The van der Waals surface area contributed by atoms with Crippen LogP contribution in [0.2, 0.25) is 0 Å². The summed E-state index contributed by atoms with van der Waals surface area (Å²) in [6.07, 6.45) is 1.59. The minimum absolute atomic E-state index is 0.168. The van der Waals surface area contributed by atoms with Gasteiger partial charge in [0, 0.05) is 7.05 Å². The summed E-state index contributed by atoms with van der Waals surface area (Å²) in [7, 11) is 1.82. The van der Waals surface area contributed by atoms with Crippen LogP contribution < -0.4 is 0 Å². The Kier molecular flexibility index (Phi) is 2.70. The van der Waals surface area contributed by atoms with Crippen LogP contribution in [0.1, 0.15) is 29.1 Å². The van der Waals surface area contributed by atoms with Crippen LogP contribution in [-0.2, 0) is 7.05 Å². The Balaban J connectivity index is 2.22. The molecule has 1 unspecified atom stereocenters. The Morgan fingerprint density at radius 2 is 2.15 bits per heavy atom. The predicted molar refractivity (Wildman–Crippen MR) is 69.3 cm³/mol. The lowest BCUT2D eigenvalue weighted by molar-refractivity contribution is 0.0698. The summed E-state index contributed by atoms with van der Waals surface area (Å²) in [4.78, 5) is 11.3. The second kappa shape index (κ2) is 4.41. The number of aromatic carboxylic acids is 1. The molecule has 3 rings (SSSR count). The second-order valence-corrected chi connectivity index (χ2v) is 4.49. The number of carboxylic acid groups (broad SMARTS) is 1. The first-order chi connectivity index (χ1) is 9.59. The lowest BCUT2D eigenvalue weighted by atomic mass is 10.1. The molecule has 0 spiro atoms. The third-order valence-electron chi connectivity index (χ3n) is 3.21. The summed E-state index contributed by atoms with van der Waals surface area (Å²) in [5, 5.41) is 25.2. The molecular formula is C12H12N6O2. The molecule has 1 aromatic carbocycles. The molecular weight excluding hydrogens is 260 g/mol. The fraction of sp³-hybridized carbons (Fsp3) is 0.250. The maximum atomic E-state index is 11.3. The highest BCUT2D eigenvalue weighted by molar-refractivity contribution is 6.00. The van der Waals surface area contributed by atoms with E-state index in [0.29, 0.717) is 16.9 Å². The molecule has 2 aromatic heterocycles. The quantitative estimate of drug-likeness (QED) is 0.759. The van der Waals surface area contributed by atoms with E-state index in [4.69, 9.17) is 0 Å². The van der Waals surface area contributed by atoms with Crippen molar-refractivity contribution < 1.29 is 9.90 Å². The molecule has 0 aliphatic carbocycles. The Labute approximate surface area is 113 Å². The molecule has 0 bridgehead atoms. The average Bonchev–Trinajstić information content (AvgIpc) is 3.03. The molecule has 8 heteroatoms. The number of aryl methyl sites for hydroxylation is 1. The standard InChI is InChI=1S/C12H12N6O2/c1-7(11-15-13-6-17(11)2)18-10-8(12(19)20)4-3-5-9(10)14-16-18/h3-7H,1-2H3,(H,19,20). The summed E-state index contributed by atoms with van der Waals surface area (Å²) in [6, 6.07) is 4.65. The van der Waals surface area contributed by atoms with Crippen LogP contribution in [-0.4, -0.2) is 40.8 Å². The zero-order valence-corrected chi connectivity index (χ0v) is 10.9. The highest BCUT2D eigenvalue weighted by Gasteiger charge is 2.21. The number of carboxylic acids is 1. The van der Waals surface area contributed by atoms with E-state index in [1.165, 1.54) is 6.07 Å². The van der Waals surface area contributed by atoms with Crippen molar-refractivity contribution in [3.8, 4) is 0 Å². The van der Waals surface area contributed by atoms with Crippen LogP contribution >= 0.6 is 0 Å². The number of nitrogens with zero attached hydrogens (tertiary/aromatic N) is 6. The van der Waals surface area contributed by atoms with Gasteiger partial charge in [-0.3, -0.25) is 0 Å². The number of para-hydroxylation sites is 1. The third kappa shape index (κ3) is 1.73. The molecule has 0 saturated carbocycles. The lowest BCUT2D eigenvalue weighted by Crippen LogP contribution is -2.15. The summed E-state index contributed by atoms with van der Waals surface area (Å²) in [5.74, 6) is -0.332. The van der Waals surface area contributed by atoms with E-state index in [2.05, 4.69) is 20.5 Å². The topological polar surface area (TPSA) is 98.7 Å². The summed E-state index contributed by atoms with van der Waals surface area (Å²) < 4.78 is 3.32. The molecule has 0 saturated heterocycles. The van der Waals surface area contributed by atoms with Gasteiger partial charge >= 0.3 is 5.97 Å². The van der Waals surface area contributed by atoms with E-state index in [1.807, 2.05) is 14.0 Å². The molecule has 102 valence electrons. The summed E-state index contributed by atoms with van der Waals surface area (Å²) in [5.41, 5.74) is 1.19. The summed E-state index contributed by atoms with van der Waals surface area (Å²) in [6.45, 7) is 1.87. The number of hydrogen-bond acceptors (Lipinski definition) is 5. The van der Waals surface area contributed by atoms with Gasteiger partial charge in [0.2, 0.25) is 0 Å². The zero-order chi connectivity index (χ0) is 14.3. The van der Waals surface area contributed by atoms with Crippen molar-refractivity contribution in [3.05, 3.63) is 35.9 Å². The largest absolute Gasteiger partial charge is 0.478 e. The van der Waals surface area contributed by atoms with E-state index in [-0.39, 0.29) is 11.6 Å². The van der Waals surface area contributed by atoms with Crippen LogP contribution in [0.15, 0.2) is 24.5 Å². The predicted octanol–water partition coefficient (Wildman–Crippen LogP) is 0.867. The molecule has 0 radical (unpaired) electrons. The molecule has 0 aliphatic rings. The van der Waals surface area contributed by atoms with Crippen molar-refractivity contribution in [2.24, 2.45) is 7.05 Å². The van der Waals surface area contributed by atoms with Crippen molar-refractivity contribution in [2.75, 3.05) is 0 Å². The lowest BCUT2D eigenvalue weighted by Gasteiger charge is -2.12. The van der Waals surface area contributed by atoms with E-state index in [0.717, 1.165) is 0 Å². The number of hydrogen-bond donors (Lipinski definition) is 1. The Morgan fingerprint density at radius 3 is 2.80 bits per heavy atom. The van der Waals surface area contributed by atoms with Gasteiger partial charge in [0.05, 0.1) is 5.56 Å². The van der Waals surface area contributed by atoms with Gasteiger partial charge in [-0.05, 0) is 19.1 Å². The minimum atomic E-state index is -1.01. The smallest absolute Gasteiger partial charge is 0.337 e. The molecule has 3 aromatic rings.